The fourth-order valence-corrected chi connectivity index (χ4v) is 3.83. The molecule has 0 saturated carbocycles. The van der Waals surface area contributed by atoms with Crippen LogP contribution in [0.1, 0.15) is 13.3 Å². The summed E-state index contributed by atoms with van der Waals surface area (Å²) in [6.07, 6.45) is 4.78. The Hall–Kier alpha value is -3.05. The van der Waals surface area contributed by atoms with E-state index in [9.17, 15) is 10.1 Å². The van der Waals surface area contributed by atoms with Crippen molar-refractivity contribution in [1.82, 2.24) is 20.0 Å². The van der Waals surface area contributed by atoms with Crippen molar-refractivity contribution < 1.29 is 9.53 Å². The van der Waals surface area contributed by atoms with Gasteiger partial charge in [-0.15, -0.1) is 0 Å². The SMILES string of the molecule is CCCOc1cc(N2CCN3CCN(C#N)C[C@@H]3C2=O)ccc1-c1ccn[nH]1. The summed E-state index contributed by atoms with van der Waals surface area (Å²) in [5.74, 6) is 0.781. The molecule has 146 valence electrons. The van der Waals surface area contributed by atoms with Crippen molar-refractivity contribution in [3.63, 3.8) is 0 Å². The van der Waals surface area contributed by atoms with Gasteiger partial charge in [0.15, 0.2) is 6.19 Å². The highest BCUT2D eigenvalue weighted by molar-refractivity contribution is 5.98. The molecule has 1 N–H and O–H groups in total. The summed E-state index contributed by atoms with van der Waals surface area (Å²) in [5.41, 5.74) is 2.63. The maximum Gasteiger partial charge on any atom is 0.246 e. The molecule has 4 rings (SSSR count). The minimum Gasteiger partial charge on any atom is -0.493 e. The average molecular weight is 380 g/mol. The second-order valence-electron chi connectivity index (χ2n) is 7.09. The molecule has 2 aliphatic rings. The van der Waals surface area contributed by atoms with Crippen LogP contribution in [0.25, 0.3) is 11.3 Å². The normalized spacial score (nSPS) is 20.0. The van der Waals surface area contributed by atoms with Gasteiger partial charge in [-0.3, -0.25) is 14.8 Å². The first-order valence-corrected chi connectivity index (χ1v) is 9.68. The molecule has 0 bridgehead atoms. The number of rotatable bonds is 5. The highest BCUT2D eigenvalue weighted by Gasteiger charge is 2.39. The largest absolute Gasteiger partial charge is 0.493 e. The van der Waals surface area contributed by atoms with Crippen LogP contribution in [-0.4, -0.2) is 71.3 Å². The summed E-state index contributed by atoms with van der Waals surface area (Å²) in [6, 6.07) is 7.48. The molecule has 3 heterocycles. The van der Waals surface area contributed by atoms with E-state index in [0.29, 0.717) is 26.2 Å². The standard InChI is InChI=1S/C20H24N6O2/c1-2-11-28-19-12-15(3-4-16(19)17-5-6-22-23-17)26-10-9-25-8-7-24(14-21)13-18(25)20(26)27/h3-6,12,18H,2,7-11,13H2,1H3,(H,22,23)/t18-/m1/s1. The number of H-pyrrole nitrogens is 1. The van der Waals surface area contributed by atoms with Crippen LogP contribution in [-0.2, 0) is 4.79 Å². The summed E-state index contributed by atoms with van der Waals surface area (Å²) in [4.78, 5) is 18.8. The Morgan fingerprint density at radius 1 is 1.29 bits per heavy atom. The molecule has 1 amide bonds. The minimum atomic E-state index is -0.269. The lowest BCUT2D eigenvalue weighted by molar-refractivity contribution is -0.127. The van der Waals surface area contributed by atoms with Gasteiger partial charge in [0.2, 0.25) is 5.91 Å². The Kier molecular flexibility index (Phi) is 5.17. The molecule has 2 saturated heterocycles. The van der Waals surface area contributed by atoms with Crippen LogP contribution in [0.4, 0.5) is 5.69 Å². The number of aromatic amines is 1. The minimum absolute atomic E-state index is 0.0435. The van der Waals surface area contributed by atoms with Gasteiger partial charge >= 0.3 is 0 Å². The lowest BCUT2D eigenvalue weighted by atomic mass is 10.1. The fraction of sp³-hybridized carbons (Fsp3) is 0.450. The molecule has 2 aliphatic heterocycles. The van der Waals surface area contributed by atoms with E-state index in [1.807, 2.05) is 29.2 Å². The number of piperazine rings is 2. The number of carbonyl (C=O) groups is 1. The first-order chi connectivity index (χ1) is 13.7. The van der Waals surface area contributed by atoms with E-state index < -0.39 is 0 Å². The number of hydrogen-bond donors (Lipinski definition) is 1. The molecule has 1 atom stereocenters. The number of hydrogen-bond acceptors (Lipinski definition) is 6. The maximum atomic E-state index is 13.2. The van der Waals surface area contributed by atoms with Gasteiger partial charge in [0, 0.05) is 49.7 Å². The fourth-order valence-electron chi connectivity index (χ4n) is 3.83. The number of nitrogens with zero attached hydrogens (tertiary/aromatic N) is 5. The Morgan fingerprint density at radius 2 is 2.14 bits per heavy atom. The first-order valence-electron chi connectivity index (χ1n) is 9.68. The van der Waals surface area contributed by atoms with Gasteiger partial charge < -0.3 is 14.5 Å². The third-order valence-corrected chi connectivity index (χ3v) is 5.32. The molecule has 28 heavy (non-hydrogen) atoms. The molecule has 0 spiro atoms. The Labute approximate surface area is 164 Å². The number of aromatic nitrogens is 2. The van der Waals surface area contributed by atoms with Gasteiger partial charge in [-0.25, -0.2) is 0 Å². The van der Waals surface area contributed by atoms with Gasteiger partial charge in [-0.2, -0.15) is 10.4 Å². The zero-order valence-corrected chi connectivity index (χ0v) is 16.0. The third kappa shape index (κ3) is 3.41. The van der Waals surface area contributed by atoms with Crippen LogP contribution in [0.15, 0.2) is 30.5 Å². The Morgan fingerprint density at radius 3 is 2.89 bits per heavy atom. The molecular formula is C20H24N6O2. The molecule has 1 aromatic heterocycles. The second-order valence-corrected chi connectivity index (χ2v) is 7.09. The number of nitrogens with one attached hydrogen (secondary N) is 1. The molecule has 1 aromatic carbocycles. The number of benzene rings is 1. The van der Waals surface area contributed by atoms with E-state index in [-0.39, 0.29) is 11.9 Å². The lowest BCUT2D eigenvalue weighted by Gasteiger charge is -2.45. The summed E-state index contributed by atoms with van der Waals surface area (Å²) >= 11 is 0. The van der Waals surface area contributed by atoms with Crippen molar-refractivity contribution in [3.8, 4) is 23.2 Å². The van der Waals surface area contributed by atoms with E-state index in [4.69, 9.17) is 4.74 Å². The van der Waals surface area contributed by atoms with Crippen molar-refractivity contribution >= 4 is 11.6 Å². The summed E-state index contributed by atoms with van der Waals surface area (Å²) in [5, 5.41) is 16.2. The number of nitriles is 1. The zero-order valence-electron chi connectivity index (χ0n) is 16.0. The molecular weight excluding hydrogens is 356 g/mol. The Balaban J connectivity index is 1.61. The summed E-state index contributed by atoms with van der Waals surface area (Å²) in [6.45, 7) is 6.01. The van der Waals surface area contributed by atoms with Crippen LogP contribution in [0.5, 0.6) is 5.75 Å². The van der Waals surface area contributed by atoms with Crippen molar-refractivity contribution in [2.75, 3.05) is 44.2 Å². The Bertz CT molecular complexity index is 875. The van der Waals surface area contributed by atoms with Crippen LogP contribution < -0.4 is 9.64 Å². The van der Waals surface area contributed by atoms with Crippen LogP contribution in [0.2, 0.25) is 0 Å². The number of amides is 1. The molecule has 8 nitrogen and oxygen atoms in total. The van der Waals surface area contributed by atoms with E-state index in [2.05, 4.69) is 28.2 Å². The molecule has 0 aliphatic carbocycles. The quantitative estimate of drug-likeness (QED) is 0.794. The topological polar surface area (TPSA) is 88.5 Å². The molecule has 2 fully saturated rings. The second kappa shape index (κ2) is 7.90. The van der Waals surface area contributed by atoms with E-state index in [1.165, 1.54) is 0 Å². The van der Waals surface area contributed by atoms with Gasteiger partial charge in [0.25, 0.3) is 0 Å². The number of carbonyl (C=O) groups excluding carboxylic acids is 1. The predicted octanol–water partition coefficient (Wildman–Crippen LogP) is 1.68. The molecule has 0 unspecified atom stereocenters. The highest BCUT2D eigenvalue weighted by Crippen LogP contribution is 2.34. The van der Waals surface area contributed by atoms with Crippen LogP contribution in [0.3, 0.4) is 0 Å². The van der Waals surface area contributed by atoms with Gasteiger partial charge in [-0.05, 0) is 24.6 Å². The average Bonchev–Trinajstić information content (AvgIpc) is 3.27. The van der Waals surface area contributed by atoms with Crippen molar-refractivity contribution in [3.05, 3.63) is 30.5 Å². The molecule has 8 heteroatoms. The van der Waals surface area contributed by atoms with Crippen LogP contribution in [0, 0.1) is 11.5 Å². The van der Waals surface area contributed by atoms with Gasteiger partial charge in [-0.1, -0.05) is 6.92 Å². The smallest absolute Gasteiger partial charge is 0.246 e. The maximum absolute atomic E-state index is 13.2. The first kappa shape index (κ1) is 18.3. The monoisotopic (exact) mass is 380 g/mol. The number of ether oxygens (including phenoxy) is 1. The van der Waals surface area contributed by atoms with E-state index in [0.717, 1.165) is 42.2 Å². The molecule has 0 radical (unpaired) electrons. The van der Waals surface area contributed by atoms with E-state index in [1.54, 1.807) is 11.1 Å². The van der Waals surface area contributed by atoms with Gasteiger partial charge in [0.1, 0.15) is 11.8 Å². The van der Waals surface area contributed by atoms with Crippen molar-refractivity contribution in [2.24, 2.45) is 0 Å². The highest BCUT2D eigenvalue weighted by atomic mass is 16.5. The van der Waals surface area contributed by atoms with E-state index >= 15 is 0 Å². The zero-order chi connectivity index (χ0) is 19.5. The van der Waals surface area contributed by atoms with Crippen molar-refractivity contribution in [2.45, 2.75) is 19.4 Å². The number of anilines is 1. The number of fused-ring (bicyclic) bond motifs is 1. The predicted molar refractivity (Wildman–Crippen MR) is 105 cm³/mol. The lowest BCUT2D eigenvalue weighted by Crippen LogP contribution is -2.64. The van der Waals surface area contributed by atoms with Crippen LogP contribution >= 0.6 is 0 Å². The summed E-state index contributed by atoms with van der Waals surface area (Å²) in [7, 11) is 0. The summed E-state index contributed by atoms with van der Waals surface area (Å²) < 4.78 is 5.97. The van der Waals surface area contributed by atoms with Crippen molar-refractivity contribution in [1.29, 1.82) is 5.26 Å². The third-order valence-electron chi connectivity index (χ3n) is 5.32. The molecule has 2 aromatic rings. The van der Waals surface area contributed by atoms with Gasteiger partial charge in [0.05, 0.1) is 18.8 Å².